The second-order valence-corrected chi connectivity index (χ2v) is 7.73. The Labute approximate surface area is 169 Å². The number of rotatable bonds is 3. The lowest BCUT2D eigenvalue weighted by Gasteiger charge is -2.35. The summed E-state index contributed by atoms with van der Waals surface area (Å²) >= 11 is 11.9. The summed E-state index contributed by atoms with van der Waals surface area (Å²) in [7, 11) is 0. The van der Waals surface area contributed by atoms with Crippen LogP contribution in [-0.2, 0) is 0 Å². The van der Waals surface area contributed by atoms with Crippen molar-refractivity contribution in [3.8, 4) is 0 Å². The highest BCUT2D eigenvalue weighted by atomic mass is 35.5. The van der Waals surface area contributed by atoms with Crippen molar-refractivity contribution in [3.63, 3.8) is 0 Å². The van der Waals surface area contributed by atoms with E-state index in [2.05, 4.69) is 34.0 Å². The molecule has 0 bridgehead atoms. The van der Waals surface area contributed by atoms with Crippen LogP contribution in [0, 0.1) is 6.92 Å². The third-order valence-electron chi connectivity index (χ3n) is 4.44. The van der Waals surface area contributed by atoms with Crippen molar-refractivity contribution < 1.29 is 4.79 Å². The molecule has 144 valence electrons. The zero-order valence-corrected chi connectivity index (χ0v) is 17.2. The number of hydrogen-bond donors (Lipinski definition) is 1. The number of anilines is 2. The number of hydrogen-bond acceptors (Lipinski definition) is 4. The second kappa shape index (κ2) is 8.31. The van der Waals surface area contributed by atoms with Gasteiger partial charge in [-0.25, -0.2) is 14.8 Å². The Morgan fingerprint density at radius 1 is 1.07 bits per heavy atom. The smallest absolute Gasteiger partial charge is 0.321 e. The van der Waals surface area contributed by atoms with Gasteiger partial charge in [0, 0.05) is 49.5 Å². The predicted molar refractivity (Wildman–Crippen MR) is 110 cm³/mol. The van der Waals surface area contributed by atoms with E-state index in [-0.39, 0.29) is 11.9 Å². The van der Waals surface area contributed by atoms with Crippen molar-refractivity contribution in [1.29, 1.82) is 0 Å². The second-order valence-electron chi connectivity index (χ2n) is 6.91. The first kappa shape index (κ1) is 19.7. The van der Waals surface area contributed by atoms with E-state index in [1.54, 1.807) is 23.1 Å². The summed E-state index contributed by atoms with van der Waals surface area (Å²) in [6, 6.07) is 6.91. The van der Waals surface area contributed by atoms with Gasteiger partial charge in [0.15, 0.2) is 0 Å². The number of nitrogens with zero attached hydrogens (tertiary/aromatic N) is 4. The molecule has 0 aliphatic carbocycles. The molecule has 1 saturated heterocycles. The Morgan fingerprint density at radius 2 is 1.78 bits per heavy atom. The maximum absolute atomic E-state index is 12.5. The van der Waals surface area contributed by atoms with Crippen LogP contribution in [0.15, 0.2) is 24.3 Å². The van der Waals surface area contributed by atoms with E-state index < -0.39 is 0 Å². The number of nitrogens with one attached hydrogen (secondary N) is 1. The first-order chi connectivity index (χ1) is 12.8. The number of halogens is 2. The van der Waals surface area contributed by atoms with Crippen molar-refractivity contribution in [2.24, 2.45) is 0 Å². The molecule has 1 fully saturated rings. The summed E-state index contributed by atoms with van der Waals surface area (Å²) in [5.41, 5.74) is 1.59. The highest BCUT2D eigenvalue weighted by Gasteiger charge is 2.23. The fourth-order valence-corrected chi connectivity index (χ4v) is 3.21. The Hall–Kier alpha value is -2.05. The van der Waals surface area contributed by atoms with Gasteiger partial charge in [-0.3, -0.25) is 0 Å². The minimum Gasteiger partial charge on any atom is -0.353 e. The van der Waals surface area contributed by atoms with E-state index in [0.29, 0.717) is 28.8 Å². The van der Waals surface area contributed by atoms with Crippen LogP contribution in [0.1, 0.15) is 31.3 Å². The van der Waals surface area contributed by atoms with Crippen LogP contribution < -0.4 is 10.2 Å². The van der Waals surface area contributed by atoms with Crippen LogP contribution >= 0.6 is 23.2 Å². The lowest BCUT2D eigenvalue weighted by molar-refractivity contribution is 0.208. The molecule has 1 N–H and O–H groups in total. The average molecular weight is 408 g/mol. The summed E-state index contributed by atoms with van der Waals surface area (Å²) < 4.78 is 0. The quantitative estimate of drug-likeness (QED) is 0.808. The molecule has 8 heteroatoms. The molecule has 1 aromatic heterocycles. The summed E-state index contributed by atoms with van der Waals surface area (Å²) in [5, 5.41) is 3.75. The van der Waals surface area contributed by atoms with Crippen LogP contribution in [0.5, 0.6) is 0 Å². The topological polar surface area (TPSA) is 61.4 Å². The zero-order chi connectivity index (χ0) is 19.6. The van der Waals surface area contributed by atoms with Crippen molar-refractivity contribution in [1.82, 2.24) is 14.9 Å². The van der Waals surface area contributed by atoms with Gasteiger partial charge in [0.05, 0.1) is 10.0 Å². The third kappa shape index (κ3) is 4.82. The molecular formula is C19H23Cl2N5O. The number of aromatic nitrogens is 2. The van der Waals surface area contributed by atoms with E-state index in [1.807, 2.05) is 13.0 Å². The average Bonchev–Trinajstić information content (AvgIpc) is 2.64. The maximum Gasteiger partial charge on any atom is 0.321 e. The predicted octanol–water partition coefficient (Wildman–Crippen LogP) is 4.57. The standard InChI is InChI=1S/C19H23Cl2N5O/c1-12(2)18-22-13(3)10-17(24-18)25-6-8-26(9-7-25)19(27)23-14-4-5-15(20)16(21)11-14/h4-5,10-12H,6-9H2,1-3H3,(H,23,27). The van der Waals surface area contributed by atoms with E-state index >= 15 is 0 Å². The molecule has 0 unspecified atom stereocenters. The van der Waals surface area contributed by atoms with Crippen molar-refractivity contribution in [3.05, 3.63) is 45.8 Å². The number of carbonyl (C=O) groups is 1. The summed E-state index contributed by atoms with van der Waals surface area (Å²) in [6.07, 6.45) is 0. The molecule has 0 atom stereocenters. The molecule has 0 radical (unpaired) electrons. The van der Waals surface area contributed by atoms with Gasteiger partial charge in [0.1, 0.15) is 11.6 Å². The monoisotopic (exact) mass is 407 g/mol. The van der Waals surface area contributed by atoms with Crippen molar-refractivity contribution >= 4 is 40.7 Å². The van der Waals surface area contributed by atoms with Gasteiger partial charge >= 0.3 is 6.03 Å². The minimum atomic E-state index is -0.144. The highest BCUT2D eigenvalue weighted by Crippen LogP contribution is 2.25. The molecule has 1 aromatic carbocycles. The van der Waals surface area contributed by atoms with Crippen LogP contribution in [0.3, 0.4) is 0 Å². The number of urea groups is 1. The Kier molecular flexibility index (Phi) is 6.07. The number of amides is 2. The number of piperazine rings is 1. The molecule has 2 amide bonds. The highest BCUT2D eigenvalue weighted by molar-refractivity contribution is 6.42. The molecule has 3 rings (SSSR count). The molecule has 0 spiro atoms. The molecular weight excluding hydrogens is 385 g/mol. The molecule has 2 heterocycles. The summed E-state index contributed by atoms with van der Waals surface area (Å²) in [5.74, 6) is 2.06. The van der Waals surface area contributed by atoms with Crippen LogP contribution in [0.4, 0.5) is 16.3 Å². The normalized spacial score (nSPS) is 14.6. The van der Waals surface area contributed by atoms with E-state index in [0.717, 1.165) is 30.4 Å². The number of benzene rings is 1. The van der Waals surface area contributed by atoms with Crippen LogP contribution in [-0.4, -0.2) is 47.1 Å². The third-order valence-corrected chi connectivity index (χ3v) is 5.18. The van der Waals surface area contributed by atoms with Crippen LogP contribution in [0.2, 0.25) is 10.0 Å². The molecule has 1 aliphatic heterocycles. The molecule has 1 aliphatic rings. The summed E-state index contributed by atoms with van der Waals surface area (Å²) in [6.45, 7) is 8.84. The number of aryl methyl sites for hydroxylation is 1. The lowest BCUT2D eigenvalue weighted by Crippen LogP contribution is -2.50. The number of carbonyl (C=O) groups excluding carboxylic acids is 1. The fraction of sp³-hybridized carbons (Fsp3) is 0.421. The molecule has 0 saturated carbocycles. The van der Waals surface area contributed by atoms with Gasteiger partial charge in [-0.05, 0) is 25.1 Å². The zero-order valence-electron chi connectivity index (χ0n) is 15.7. The first-order valence-corrected chi connectivity index (χ1v) is 9.70. The molecule has 6 nitrogen and oxygen atoms in total. The van der Waals surface area contributed by atoms with Gasteiger partial charge in [-0.2, -0.15) is 0 Å². The summed E-state index contributed by atoms with van der Waals surface area (Å²) in [4.78, 5) is 25.7. The SMILES string of the molecule is Cc1cc(N2CCN(C(=O)Nc3ccc(Cl)c(Cl)c3)CC2)nc(C(C)C)n1. The van der Waals surface area contributed by atoms with Crippen LogP contribution in [0.25, 0.3) is 0 Å². The van der Waals surface area contributed by atoms with Gasteiger partial charge in [0.2, 0.25) is 0 Å². The fourth-order valence-electron chi connectivity index (χ4n) is 2.91. The lowest BCUT2D eigenvalue weighted by atomic mass is 10.2. The first-order valence-electron chi connectivity index (χ1n) is 8.95. The van der Waals surface area contributed by atoms with E-state index in [9.17, 15) is 4.79 Å². The van der Waals surface area contributed by atoms with Gasteiger partial charge in [0.25, 0.3) is 0 Å². The van der Waals surface area contributed by atoms with Gasteiger partial charge in [-0.1, -0.05) is 37.0 Å². The largest absolute Gasteiger partial charge is 0.353 e. The minimum absolute atomic E-state index is 0.144. The van der Waals surface area contributed by atoms with Gasteiger partial charge in [-0.15, -0.1) is 0 Å². The Bertz CT molecular complexity index is 835. The van der Waals surface area contributed by atoms with Crippen molar-refractivity contribution in [2.45, 2.75) is 26.7 Å². The Balaban J connectivity index is 1.61. The maximum atomic E-state index is 12.5. The molecule has 27 heavy (non-hydrogen) atoms. The Morgan fingerprint density at radius 3 is 2.41 bits per heavy atom. The molecule has 2 aromatic rings. The van der Waals surface area contributed by atoms with Crippen molar-refractivity contribution in [2.75, 3.05) is 36.4 Å². The van der Waals surface area contributed by atoms with E-state index in [4.69, 9.17) is 23.2 Å². The van der Waals surface area contributed by atoms with E-state index in [1.165, 1.54) is 0 Å². The van der Waals surface area contributed by atoms with Gasteiger partial charge < -0.3 is 15.1 Å².